The van der Waals surface area contributed by atoms with Gasteiger partial charge in [-0.15, -0.1) is 5.48 Å². The van der Waals surface area contributed by atoms with Gasteiger partial charge in [-0.3, -0.25) is 0 Å². The molecule has 1 atom stereocenters. The van der Waals surface area contributed by atoms with Gasteiger partial charge >= 0.3 is 12.1 Å². The number of hydrogen-bond donors (Lipinski definition) is 1. The average Bonchev–Trinajstić information content (AvgIpc) is 1.99. The van der Waals surface area contributed by atoms with Crippen LogP contribution in [-0.4, -0.2) is 12.1 Å². The van der Waals surface area contributed by atoms with Crippen molar-refractivity contribution in [3.8, 4) is 0 Å². The molecule has 0 aromatic heterocycles. The zero-order chi connectivity index (χ0) is 8.85. The SMILES string of the molecule is C=C(C)C(=O)ONC(=O)OP. The highest BCUT2D eigenvalue weighted by Crippen LogP contribution is 1.90. The highest BCUT2D eigenvalue weighted by atomic mass is 31.0. The van der Waals surface area contributed by atoms with Crippen LogP contribution in [0.2, 0.25) is 0 Å². The number of hydroxylamine groups is 1. The molecular weight excluding hydrogens is 169 g/mol. The summed E-state index contributed by atoms with van der Waals surface area (Å²) in [6, 6.07) is 0. The van der Waals surface area contributed by atoms with E-state index in [4.69, 9.17) is 0 Å². The van der Waals surface area contributed by atoms with Gasteiger partial charge in [-0.25, -0.2) is 9.59 Å². The molecule has 11 heavy (non-hydrogen) atoms. The normalized spacial score (nSPS) is 8.18. The third-order valence-corrected chi connectivity index (χ3v) is 0.897. The summed E-state index contributed by atoms with van der Waals surface area (Å²) < 4.78 is 4.04. The smallest absolute Gasteiger partial charge is 0.433 e. The number of carbonyl (C=O) groups is 2. The van der Waals surface area contributed by atoms with Crippen molar-refractivity contribution >= 4 is 21.5 Å². The van der Waals surface area contributed by atoms with Gasteiger partial charge in [-0.1, -0.05) is 6.58 Å². The second-order valence-electron chi connectivity index (χ2n) is 1.68. The van der Waals surface area contributed by atoms with E-state index < -0.39 is 12.1 Å². The molecule has 1 amide bonds. The fourth-order valence-corrected chi connectivity index (χ4v) is 0.247. The summed E-state index contributed by atoms with van der Waals surface area (Å²) in [5.41, 5.74) is 1.91. The van der Waals surface area contributed by atoms with E-state index in [1.807, 2.05) is 0 Å². The zero-order valence-electron chi connectivity index (χ0n) is 5.92. The monoisotopic (exact) mass is 177 g/mol. The summed E-state index contributed by atoms with van der Waals surface area (Å²) in [7, 11) is 1.70. The molecule has 1 N–H and O–H groups in total. The Bertz CT molecular complexity index is 191. The van der Waals surface area contributed by atoms with Gasteiger partial charge in [-0.2, -0.15) is 0 Å². The number of carbonyl (C=O) groups excluding carboxylic acids is 2. The first-order valence-electron chi connectivity index (χ1n) is 2.61. The van der Waals surface area contributed by atoms with Gasteiger partial charge in [0.2, 0.25) is 0 Å². The van der Waals surface area contributed by atoms with Crippen molar-refractivity contribution in [3.05, 3.63) is 12.2 Å². The van der Waals surface area contributed by atoms with Crippen molar-refractivity contribution in [2.24, 2.45) is 0 Å². The van der Waals surface area contributed by atoms with Crippen molar-refractivity contribution in [3.63, 3.8) is 0 Å². The van der Waals surface area contributed by atoms with E-state index in [0.717, 1.165) is 0 Å². The molecule has 0 fully saturated rings. The quantitative estimate of drug-likeness (QED) is 0.360. The molecule has 0 aromatic rings. The van der Waals surface area contributed by atoms with Gasteiger partial charge in [0.25, 0.3) is 0 Å². The second kappa shape index (κ2) is 4.68. The van der Waals surface area contributed by atoms with Gasteiger partial charge in [0, 0.05) is 5.57 Å². The Hall–Kier alpha value is -1.09. The number of hydrogen-bond acceptors (Lipinski definition) is 4. The Balaban J connectivity index is 3.63. The van der Waals surface area contributed by atoms with Crippen molar-refractivity contribution in [2.75, 3.05) is 0 Å². The molecule has 0 aromatic carbocycles. The Kier molecular flexibility index (Phi) is 4.22. The largest absolute Gasteiger partial charge is 0.442 e. The molecule has 0 aliphatic carbocycles. The summed E-state index contributed by atoms with van der Waals surface area (Å²) in [6.45, 7) is 4.74. The van der Waals surface area contributed by atoms with Gasteiger partial charge < -0.3 is 9.36 Å². The first-order valence-corrected chi connectivity index (χ1v) is 3.08. The summed E-state index contributed by atoms with van der Waals surface area (Å²) in [5, 5.41) is 0. The van der Waals surface area contributed by atoms with Crippen LogP contribution in [-0.2, 0) is 14.2 Å². The van der Waals surface area contributed by atoms with E-state index in [9.17, 15) is 9.59 Å². The van der Waals surface area contributed by atoms with Crippen LogP contribution in [0, 0.1) is 0 Å². The molecule has 0 radical (unpaired) electrons. The number of nitrogens with one attached hydrogen (secondary N) is 1. The topological polar surface area (TPSA) is 64.6 Å². The van der Waals surface area contributed by atoms with E-state index in [2.05, 4.69) is 15.9 Å². The highest BCUT2D eigenvalue weighted by molar-refractivity contribution is 7.10. The van der Waals surface area contributed by atoms with Crippen LogP contribution < -0.4 is 5.48 Å². The zero-order valence-corrected chi connectivity index (χ0v) is 7.07. The second-order valence-corrected chi connectivity index (χ2v) is 1.91. The minimum atomic E-state index is -0.871. The van der Waals surface area contributed by atoms with Crippen LogP contribution in [0.15, 0.2) is 12.2 Å². The summed E-state index contributed by atoms with van der Waals surface area (Å²) >= 11 is 0. The third kappa shape index (κ3) is 4.33. The highest BCUT2D eigenvalue weighted by Gasteiger charge is 2.05. The van der Waals surface area contributed by atoms with E-state index >= 15 is 0 Å². The van der Waals surface area contributed by atoms with Crippen LogP contribution in [0.3, 0.4) is 0 Å². The molecular formula is C5H8NO4P. The molecule has 0 saturated heterocycles. The van der Waals surface area contributed by atoms with E-state index in [1.54, 1.807) is 14.9 Å². The van der Waals surface area contributed by atoms with Crippen molar-refractivity contribution in [2.45, 2.75) is 6.92 Å². The lowest BCUT2D eigenvalue weighted by Gasteiger charge is -2.02. The van der Waals surface area contributed by atoms with Crippen LogP contribution >= 0.6 is 9.47 Å². The van der Waals surface area contributed by atoms with E-state index in [0.29, 0.717) is 0 Å². The van der Waals surface area contributed by atoms with Gasteiger partial charge in [-0.05, 0) is 6.92 Å². The molecule has 0 aliphatic rings. The Morgan fingerprint density at radius 3 is 2.45 bits per heavy atom. The Labute approximate surface area is 66.0 Å². The molecule has 62 valence electrons. The number of rotatable bonds is 1. The predicted molar refractivity (Wildman–Crippen MR) is 40.2 cm³/mol. The maximum absolute atomic E-state index is 10.6. The lowest BCUT2D eigenvalue weighted by atomic mass is 10.4. The summed E-state index contributed by atoms with van der Waals surface area (Å²) in [4.78, 5) is 25.0. The average molecular weight is 177 g/mol. The van der Waals surface area contributed by atoms with Gasteiger partial charge in [0.1, 0.15) is 0 Å². The molecule has 0 bridgehead atoms. The summed E-state index contributed by atoms with van der Waals surface area (Å²) in [6.07, 6.45) is -0.871. The fourth-order valence-electron chi connectivity index (χ4n) is 0.199. The Morgan fingerprint density at radius 1 is 1.55 bits per heavy atom. The van der Waals surface area contributed by atoms with Gasteiger partial charge in [0.15, 0.2) is 0 Å². The van der Waals surface area contributed by atoms with Crippen molar-refractivity contribution < 1.29 is 19.0 Å². The fraction of sp³-hybridized carbons (Fsp3) is 0.200. The molecule has 0 heterocycles. The Morgan fingerprint density at radius 2 is 2.09 bits per heavy atom. The van der Waals surface area contributed by atoms with Crippen LogP contribution in [0.5, 0.6) is 0 Å². The maximum Gasteiger partial charge on any atom is 0.442 e. The first kappa shape index (κ1) is 9.91. The molecule has 0 aliphatic heterocycles. The standard InChI is InChI=1S/C5H8NO4P/c1-3(2)4(7)9-6-5(8)10-11/h1,11H2,2H3,(H,6,8). The lowest BCUT2D eigenvalue weighted by molar-refractivity contribution is -0.144. The molecule has 0 rings (SSSR count). The van der Waals surface area contributed by atoms with E-state index in [1.165, 1.54) is 6.92 Å². The minimum Gasteiger partial charge on any atom is -0.433 e. The van der Waals surface area contributed by atoms with Gasteiger partial charge in [0.05, 0.1) is 9.47 Å². The van der Waals surface area contributed by atoms with Crippen molar-refractivity contribution in [1.29, 1.82) is 0 Å². The van der Waals surface area contributed by atoms with Crippen LogP contribution in [0.25, 0.3) is 0 Å². The molecule has 0 spiro atoms. The summed E-state index contributed by atoms with van der Waals surface area (Å²) in [5.74, 6) is -0.708. The van der Waals surface area contributed by atoms with Crippen LogP contribution in [0.4, 0.5) is 4.79 Å². The molecule has 1 unspecified atom stereocenters. The van der Waals surface area contributed by atoms with Crippen molar-refractivity contribution in [1.82, 2.24) is 5.48 Å². The molecule has 0 saturated carbocycles. The first-order chi connectivity index (χ1) is 5.07. The maximum atomic E-state index is 10.6. The lowest BCUT2D eigenvalue weighted by Crippen LogP contribution is -2.25. The molecule has 5 nitrogen and oxygen atoms in total. The predicted octanol–water partition coefficient (Wildman–Crippen LogP) is 0.537. The number of amides is 1. The van der Waals surface area contributed by atoms with E-state index in [-0.39, 0.29) is 5.57 Å². The van der Waals surface area contributed by atoms with Crippen LogP contribution in [0.1, 0.15) is 6.92 Å². The molecule has 6 heteroatoms. The third-order valence-electron chi connectivity index (χ3n) is 0.683. The minimum absolute atomic E-state index is 0.189.